The van der Waals surface area contributed by atoms with Crippen LogP contribution in [0.3, 0.4) is 0 Å². The van der Waals surface area contributed by atoms with Gasteiger partial charge in [0.2, 0.25) is 17.7 Å². The summed E-state index contributed by atoms with van der Waals surface area (Å²) < 4.78 is 90.0. The Labute approximate surface area is 198 Å². The second kappa shape index (κ2) is 11.6. The number of hydrogen-bond donors (Lipinski definition) is 1. The molecule has 0 saturated carbocycles. The lowest BCUT2D eigenvalue weighted by atomic mass is 10.3. The highest BCUT2D eigenvalue weighted by Crippen LogP contribution is 2.25. The molecule has 15 heteroatoms. The van der Waals surface area contributed by atoms with Crippen molar-refractivity contribution in [2.45, 2.75) is 32.3 Å². The average Bonchev–Trinajstić information content (AvgIpc) is 2.71. The maximum absolute atomic E-state index is 12.9. The smallest absolute Gasteiger partial charge is 0.422 e. The molecule has 0 aliphatic carbocycles. The van der Waals surface area contributed by atoms with Crippen LogP contribution >= 0.6 is 15.9 Å². The monoisotopic (exact) mass is 560 g/mol. The minimum atomic E-state index is -4.74. The van der Waals surface area contributed by atoms with Crippen molar-refractivity contribution >= 4 is 33.6 Å². The fraction of sp³-hybridized carbons (Fsp3) is 0.421. The fourth-order valence-electron chi connectivity index (χ4n) is 2.18. The summed E-state index contributed by atoms with van der Waals surface area (Å²) in [6, 6.07) is 6.22. The van der Waals surface area contributed by atoms with E-state index in [1.54, 1.807) is 38.1 Å². The highest BCUT2D eigenvalue weighted by atomic mass is 79.9. The number of urea groups is 1. The zero-order chi connectivity index (χ0) is 25.5. The van der Waals surface area contributed by atoms with E-state index in [1.165, 1.54) is 0 Å². The van der Waals surface area contributed by atoms with Crippen LogP contribution in [0.1, 0.15) is 13.8 Å². The van der Waals surface area contributed by atoms with Crippen molar-refractivity contribution in [3.63, 3.8) is 0 Å². The number of nitrogens with one attached hydrogen (secondary N) is 1. The SMILES string of the molecule is CC(C)OCN(C(=O)Nc1nc(OCC(F)(F)F)cc(OCC(F)(F)F)n1)c1ccc(Br)cc1. The van der Waals surface area contributed by atoms with Crippen LogP contribution in [0, 0.1) is 0 Å². The topological polar surface area (TPSA) is 85.8 Å². The van der Waals surface area contributed by atoms with Gasteiger partial charge in [-0.15, -0.1) is 0 Å². The number of hydrogen-bond acceptors (Lipinski definition) is 6. The summed E-state index contributed by atoms with van der Waals surface area (Å²) in [6.07, 6.45) is -9.74. The van der Waals surface area contributed by atoms with E-state index in [0.717, 1.165) is 9.37 Å². The first-order valence-corrected chi connectivity index (χ1v) is 10.2. The predicted octanol–water partition coefficient (Wildman–Crippen LogP) is 5.54. The molecule has 2 rings (SSSR count). The van der Waals surface area contributed by atoms with E-state index in [0.29, 0.717) is 11.8 Å². The molecule has 34 heavy (non-hydrogen) atoms. The van der Waals surface area contributed by atoms with Gasteiger partial charge >= 0.3 is 18.4 Å². The van der Waals surface area contributed by atoms with Gasteiger partial charge in [-0.3, -0.25) is 10.2 Å². The number of alkyl halides is 6. The van der Waals surface area contributed by atoms with E-state index in [1.807, 2.05) is 0 Å². The molecular weight excluding hydrogens is 542 g/mol. The number of amides is 2. The summed E-state index contributed by atoms with van der Waals surface area (Å²) in [4.78, 5) is 21.2. The number of halogens is 7. The first-order chi connectivity index (χ1) is 15.7. The van der Waals surface area contributed by atoms with E-state index in [-0.39, 0.29) is 12.8 Å². The summed E-state index contributed by atoms with van der Waals surface area (Å²) in [5, 5.41) is 2.20. The molecule has 0 fully saturated rings. The second-order valence-corrected chi connectivity index (χ2v) is 7.77. The van der Waals surface area contributed by atoms with Gasteiger partial charge < -0.3 is 14.2 Å². The van der Waals surface area contributed by atoms with Gasteiger partial charge in [0, 0.05) is 10.2 Å². The summed E-state index contributed by atoms with van der Waals surface area (Å²) >= 11 is 3.26. The molecule has 0 unspecified atom stereocenters. The van der Waals surface area contributed by atoms with Gasteiger partial charge in [0.1, 0.15) is 6.73 Å². The van der Waals surface area contributed by atoms with E-state index in [2.05, 4.69) is 40.7 Å². The van der Waals surface area contributed by atoms with Crippen molar-refractivity contribution in [1.82, 2.24) is 9.97 Å². The molecule has 0 spiro atoms. The van der Waals surface area contributed by atoms with Crippen molar-refractivity contribution in [2.24, 2.45) is 0 Å². The van der Waals surface area contributed by atoms with Crippen molar-refractivity contribution in [1.29, 1.82) is 0 Å². The lowest BCUT2D eigenvalue weighted by Crippen LogP contribution is -2.38. The molecule has 0 saturated heterocycles. The number of carbonyl (C=O) groups is 1. The Morgan fingerprint density at radius 2 is 1.50 bits per heavy atom. The van der Waals surface area contributed by atoms with Gasteiger partial charge in [0.05, 0.1) is 12.2 Å². The normalized spacial score (nSPS) is 11.9. The van der Waals surface area contributed by atoms with E-state index < -0.39 is 49.3 Å². The van der Waals surface area contributed by atoms with Gasteiger partial charge in [-0.25, -0.2) is 4.79 Å². The number of aromatic nitrogens is 2. The number of carbonyl (C=O) groups excluding carboxylic acids is 1. The lowest BCUT2D eigenvalue weighted by molar-refractivity contribution is -0.154. The minimum Gasteiger partial charge on any atom is -0.468 e. The lowest BCUT2D eigenvalue weighted by Gasteiger charge is -2.24. The molecule has 0 atom stereocenters. The van der Waals surface area contributed by atoms with Crippen LogP contribution < -0.4 is 19.7 Å². The summed E-state index contributed by atoms with van der Waals surface area (Å²) in [6.45, 7) is -0.321. The molecule has 2 amide bonds. The second-order valence-electron chi connectivity index (χ2n) is 6.85. The van der Waals surface area contributed by atoms with E-state index >= 15 is 0 Å². The predicted molar refractivity (Wildman–Crippen MR) is 112 cm³/mol. The highest BCUT2D eigenvalue weighted by Gasteiger charge is 2.30. The Morgan fingerprint density at radius 3 is 1.94 bits per heavy atom. The Kier molecular flexibility index (Phi) is 9.32. The van der Waals surface area contributed by atoms with Crippen LogP contribution in [0.5, 0.6) is 11.8 Å². The summed E-state index contributed by atoms with van der Waals surface area (Å²) in [5.74, 6) is -2.16. The third-order valence-corrected chi connectivity index (χ3v) is 4.11. The third kappa shape index (κ3) is 9.99. The molecule has 2 aromatic rings. The minimum absolute atomic E-state index is 0.229. The van der Waals surface area contributed by atoms with Gasteiger partial charge in [-0.2, -0.15) is 36.3 Å². The summed E-state index contributed by atoms with van der Waals surface area (Å²) in [7, 11) is 0. The van der Waals surface area contributed by atoms with Crippen LogP contribution in [-0.4, -0.2) is 54.4 Å². The van der Waals surface area contributed by atoms with Gasteiger partial charge in [-0.1, -0.05) is 15.9 Å². The quantitative estimate of drug-likeness (QED) is 0.320. The van der Waals surface area contributed by atoms with Crippen molar-refractivity contribution in [3.8, 4) is 11.8 Å². The van der Waals surface area contributed by atoms with Gasteiger partial charge in [0.15, 0.2) is 13.2 Å². The maximum Gasteiger partial charge on any atom is 0.422 e. The van der Waals surface area contributed by atoms with E-state index in [9.17, 15) is 31.1 Å². The van der Waals surface area contributed by atoms with Crippen LogP contribution in [-0.2, 0) is 4.74 Å². The Morgan fingerprint density at radius 1 is 1.00 bits per heavy atom. The van der Waals surface area contributed by atoms with Crippen molar-refractivity contribution < 1.29 is 45.3 Å². The Balaban J connectivity index is 2.29. The first-order valence-electron chi connectivity index (χ1n) is 9.46. The van der Waals surface area contributed by atoms with Gasteiger partial charge in [0.25, 0.3) is 0 Å². The molecule has 1 N–H and O–H groups in total. The molecule has 8 nitrogen and oxygen atoms in total. The number of ether oxygens (including phenoxy) is 3. The molecule has 0 aliphatic heterocycles. The van der Waals surface area contributed by atoms with Gasteiger partial charge in [-0.05, 0) is 38.1 Å². The number of rotatable bonds is 9. The third-order valence-electron chi connectivity index (χ3n) is 3.59. The summed E-state index contributed by atoms with van der Waals surface area (Å²) in [5.41, 5.74) is 0.374. The molecule has 0 aliphatic rings. The van der Waals surface area contributed by atoms with Crippen LogP contribution in [0.15, 0.2) is 34.8 Å². The number of anilines is 2. The van der Waals surface area contributed by atoms with Crippen LogP contribution in [0.2, 0.25) is 0 Å². The molecule has 0 bridgehead atoms. The highest BCUT2D eigenvalue weighted by molar-refractivity contribution is 9.10. The molecular formula is C19H19BrF6N4O4. The van der Waals surface area contributed by atoms with Crippen molar-refractivity contribution in [3.05, 3.63) is 34.8 Å². The van der Waals surface area contributed by atoms with Crippen molar-refractivity contribution in [2.75, 3.05) is 30.2 Å². The molecule has 1 aromatic heterocycles. The first kappa shape index (κ1) is 27.4. The number of benzene rings is 1. The average molecular weight is 561 g/mol. The largest absolute Gasteiger partial charge is 0.468 e. The zero-order valence-corrected chi connectivity index (χ0v) is 19.3. The Hall–Kier alpha value is -2.81. The van der Waals surface area contributed by atoms with Crippen LogP contribution in [0.25, 0.3) is 0 Å². The standard InChI is InChI=1S/C19H19BrF6N4O4/c1-11(2)34-10-30(13-5-3-12(20)4-6-13)17(31)29-16-27-14(32-8-18(21,22)23)7-15(28-16)33-9-19(24,25)26/h3-7,11H,8-10H2,1-2H3,(H,27,28,29,31). The Bertz CT molecular complexity index is 921. The maximum atomic E-state index is 12.9. The molecule has 188 valence electrons. The zero-order valence-electron chi connectivity index (χ0n) is 17.7. The van der Waals surface area contributed by atoms with E-state index in [4.69, 9.17) is 4.74 Å². The van der Waals surface area contributed by atoms with Crippen LogP contribution in [0.4, 0.5) is 42.8 Å². The fourth-order valence-corrected chi connectivity index (χ4v) is 2.44. The number of nitrogens with zero attached hydrogens (tertiary/aromatic N) is 3. The molecule has 1 heterocycles. The molecule has 1 aromatic carbocycles. The molecule has 0 radical (unpaired) electrons.